The van der Waals surface area contributed by atoms with E-state index < -0.39 is 0 Å². The highest BCUT2D eigenvalue weighted by molar-refractivity contribution is 5.96. The van der Waals surface area contributed by atoms with Crippen LogP contribution in [0.4, 0.5) is 0 Å². The molecule has 0 bridgehead atoms. The second-order valence-electron chi connectivity index (χ2n) is 7.92. The number of carbonyl (C=O) groups is 2. The van der Waals surface area contributed by atoms with Crippen molar-refractivity contribution in [1.29, 1.82) is 0 Å². The molecule has 1 aromatic carbocycles. The molecule has 2 amide bonds. The van der Waals surface area contributed by atoms with Gasteiger partial charge in [-0.15, -0.1) is 0 Å². The number of amides is 2. The first-order valence-corrected chi connectivity index (χ1v) is 9.71. The topological polar surface area (TPSA) is 76.7 Å². The molecule has 0 aromatic heterocycles. The molecule has 6 nitrogen and oxygen atoms in total. The van der Waals surface area contributed by atoms with Crippen molar-refractivity contribution in [2.75, 3.05) is 32.9 Å². The molecule has 1 atom stereocenters. The van der Waals surface area contributed by atoms with Gasteiger partial charge in [0.25, 0.3) is 5.91 Å². The lowest BCUT2D eigenvalue weighted by Gasteiger charge is -2.19. The molecule has 2 rings (SSSR count). The molecule has 0 spiro atoms. The fourth-order valence-electron chi connectivity index (χ4n) is 2.84. The van der Waals surface area contributed by atoms with Gasteiger partial charge < -0.3 is 20.1 Å². The van der Waals surface area contributed by atoms with Crippen LogP contribution in [0.1, 0.15) is 56.0 Å². The Morgan fingerprint density at radius 2 is 1.93 bits per heavy atom. The monoisotopic (exact) mass is 376 g/mol. The quantitative estimate of drug-likeness (QED) is 0.649. The van der Waals surface area contributed by atoms with E-state index in [1.165, 1.54) is 5.56 Å². The van der Waals surface area contributed by atoms with Crippen LogP contribution in [0.2, 0.25) is 0 Å². The Bertz CT molecular complexity index is 602. The SMILES string of the molecule is CC(C)(C)c1ccc(C(=O)NCC(=O)NCCCOCC2CCCO2)cc1. The zero-order chi connectivity index (χ0) is 19.7. The molecule has 1 aromatic rings. The molecule has 0 aliphatic carbocycles. The van der Waals surface area contributed by atoms with Crippen LogP contribution in [0, 0.1) is 0 Å². The Morgan fingerprint density at radius 3 is 2.56 bits per heavy atom. The number of hydrogen-bond donors (Lipinski definition) is 2. The zero-order valence-corrected chi connectivity index (χ0v) is 16.7. The maximum absolute atomic E-state index is 12.1. The highest BCUT2D eigenvalue weighted by Crippen LogP contribution is 2.22. The number of ether oxygens (including phenoxy) is 2. The fraction of sp³-hybridized carbons (Fsp3) is 0.619. The maximum atomic E-state index is 12.1. The molecule has 27 heavy (non-hydrogen) atoms. The minimum atomic E-state index is -0.245. The third kappa shape index (κ3) is 7.69. The Morgan fingerprint density at radius 1 is 1.19 bits per heavy atom. The molecule has 1 saturated heterocycles. The fourth-order valence-corrected chi connectivity index (χ4v) is 2.84. The zero-order valence-electron chi connectivity index (χ0n) is 16.7. The first-order valence-electron chi connectivity index (χ1n) is 9.71. The second kappa shape index (κ2) is 10.4. The van der Waals surface area contributed by atoms with Crippen LogP contribution in [0.3, 0.4) is 0 Å². The van der Waals surface area contributed by atoms with E-state index in [9.17, 15) is 9.59 Å². The summed E-state index contributed by atoms with van der Waals surface area (Å²) in [7, 11) is 0. The summed E-state index contributed by atoms with van der Waals surface area (Å²) < 4.78 is 11.0. The average Bonchev–Trinajstić information content (AvgIpc) is 3.15. The highest BCUT2D eigenvalue weighted by atomic mass is 16.5. The van der Waals surface area contributed by atoms with Crippen molar-refractivity contribution < 1.29 is 19.1 Å². The van der Waals surface area contributed by atoms with E-state index >= 15 is 0 Å². The van der Waals surface area contributed by atoms with Crippen LogP contribution in [0.15, 0.2) is 24.3 Å². The lowest BCUT2D eigenvalue weighted by molar-refractivity contribution is -0.120. The van der Waals surface area contributed by atoms with Gasteiger partial charge in [0.1, 0.15) is 0 Å². The van der Waals surface area contributed by atoms with Gasteiger partial charge in [0.05, 0.1) is 19.3 Å². The van der Waals surface area contributed by atoms with E-state index in [0.29, 0.717) is 25.3 Å². The van der Waals surface area contributed by atoms with E-state index in [2.05, 4.69) is 31.4 Å². The predicted octanol–water partition coefficient (Wildman–Crippen LogP) is 2.42. The summed E-state index contributed by atoms with van der Waals surface area (Å²) in [6.45, 7) is 8.91. The summed E-state index contributed by atoms with van der Waals surface area (Å²) in [5.74, 6) is -0.445. The summed E-state index contributed by atoms with van der Waals surface area (Å²) >= 11 is 0. The van der Waals surface area contributed by atoms with Gasteiger partial charge >= 0.3 is 0 Å². The summed E-state index contributed by atoms with van der Waals surface area (Å²) in [5.41, 5.74) is 1.76. The van der Waals surface area contributed by atoms with Crippen LogP contribution in [0.5, 0.6) is 0 Å². The molecule has 1 unspecified atom stereocenters. The van der Waals surface area contributed by atoms with Crippen LogP contribution < -0.4 is 10.6 Å². The van der Waals surface area contributed by atoms with Crippen LogP contribution >= 0.6 is 0 Å². The molecule has 0 saturated carbocycles. The molecule has 6 heteroatoms. The summed E-state index contributed by atoms with van der Waals surface area (Å²) in [5, 5.41) is 5.43. The van der Waals surface area contributed by atoms with Gasteiger partial charge in [-0.3, -0.25) is 9.59 Å². The maximum Gasteiger partial charge on any atom is 0.251 e. The van der Waals surface area contributed by atoms with Crippen LogP contribution in [-0.2, 0) is 19.7 Å². The van der Waals surface area contributed by atoms with Crippen LogP contribution in [0.25, 0.3) is 0 Å². The lowest BCUT2D eigenvalue weighted by atomic mass is 9.87. The van der Waals surface area contributed by atoms with Crippen molar-refractivity contribution >= 4 is 11.8 Å². The molecule has 1 aliphatic heterocycles. The first kappa shape index (κ1) is 21.4. The molecule has 2 N–H and O–H groups in total. The number of benzene rings is 1. The Labute approximate surface area is 162 Å². The molecule has 1 fully saturated rings. The van der Waals surface area contributed by atoms with Gasteiger partial charge in [-0.2, -0.15) is 0 Å². The minimum absolute atomic E-state index is 0.0311. The Kier molecular flexibility index (Phi) is 8.25. The van der Waals surface area contributed by atoms with E-state index in [1.54, 1.807) is 12.1 Å². The van der Waals surface area contributed by atoms with Gasteiger partial charge in [0.15, 0.2) is 0 Å². The van der Waals surface area contributed by atoms with E-state index in [4.69, 9.17) is 9.47 Å². The smallest absolute Gasteiger partial charge is 0.251 e. The van der Waals surface area contributed by atoms with Crippen molar-refractivity contribution in [3.8, 4) is 0 Å². The Balaban J connectivity index is 1.57. The molecule has 150 valence electrons. The van der Waals surface area contributed by atoms with Gasteiger partial charge in [-0.25, -0.2) is 0 Å². The molecule has 0 radical (unpaired) electrons. The van der Waals surface area contributed by atoms with Gasteiger partial charge in [0, 0.05) is 25.3 Å². The lowest BCUT2D eigenvalue weighted by Crippen LogP contribution is -2.37. The van der Waals surface area contributed by atoms with Crippen molar-refractivity contribution in [3.63, 3.8) is 0 Å². The summed E-state index contributed by atoms with van der Waals surface area (Å²) in [4.78, 5) is 23.9. The van der Waals surface area contributed by atoms with Crippen molar-refractivity contribution in [1.82, 2.24) is 10.6 Å². The standard InChI is InChI=1S/C21H32N2O4/c1-21(2,3)17-9-7-16(8-10-17)20(25)23-14-19(24)22-11-5-12-26-15-18-6-4-13-27-18/h7-10,18H,4-6,11-15H2,1-3H3,(H,22,24)(H,23,25). The number of rotatable bonds is 9. The largest absolute Gasteiger partial charge is 0.379 e. The number of hydrogen-bond acceptors (Lipinski definition) is 4. The van der Waals surface area contributed by atoms with Crippen molar-refractivity contribution in [2.24, 2.45) is 0 Å². The Hall–Kier alpha value is -1.92. The normalized spacial score (nSPS) is 16.9. The molecule has 1 aliphatic rings. The highest BCUT2D eigenvalue weighted by Gasteiger charge is 2.15. The van der Waals surface area contributed by atoms with E-state index in [-0.39, 0.29) is 29.9 Å². The predicted molar refractivity (Wildman–Crippen MR) is 105 cm³/mol. The van der Waals surface area contributed by atoms with Crippen molar-refractivity contribution in [2.45, 2.75) is 51.6 Å². The third-order valence-corrected chi connectivity index (χ3v) is 4.54. The number of carbonyl (C=O) groups excluding carboxylic acids is 2. The van der Waals surface area contributed by atoms with Gasteiger partial charge in [-0.1, -0.05) is 32.9 Å². The van der Waals surface area contributed by atoms with E-state index in [0.717, 1.165) is 25.9 Å². The third-order valence-electron chi connectivity index (χ3n) is 4.54. The summed E-state index contributed by atoms with van der Waals surface area (Å²) in [6, 6.07) is 7.48. The number of nitrogens with one attached hydrogen (secondary N) is 2. The average molecular weight is 376 g/mol. The summed E-state index contributed by atoms with van der Waals surface area (Å²) in [6.07, 6.45) is 3.14. The van der Waals surface area contributed by atoms with E-state index in [1.807, 2.05) is 12.1 Å². The van der Waals surface area contributed by atoms with Gasteiger partial charge in [-0.05, 0) is 42.4 Å². The van der Waals surface area contributed by atoms with Crippen LogP contribution in [-0.4, -0.2) is 50.8 Å². The second-order valence-corrected chi connectivity index (χ2v) is 7.92. The van der Waals surface area contributed by atoms with Gasteiger partial charge in [0.2, 0.25) is 5.91 Å². The first-order chi connectivity index (χ1) is 12.9. The molecule has 1 heterocycles. The molecular weight excluding hydrogens is 344 g/mol. The minimum Gasteiger partial charge on any atom is -0.379 e. The van der Waals surface area contributed by atoms with Crippen molar-refractivity contribution in [3.05, 3.63) is 35.4 Å². The molecular formula is C21H32N2O4.